The molecular formula is C12H26N2O2. The van der Waals surface area contributed by atoms with E-state index in [1.54, 1.807) is 0 Å². The van der Waals surface area contributed by atoms with Crippen molar-refractivity contribution in [2.24, 2.45) is 11.1 Å². The van der Waals surface area contributed by atoms with Gasteiger partial charge in [0, 0.05) is 18.7 Å². The lowest BCUT2D eigenvalue weighted by Crippen LogP contribution is -2.53. The Morgan fingerprint density at radius 2 is 1.81 bits per heavy atom. The van der Waals surface area contributed by atoms with Crippen molar-refractivity contribution in [1.29, 1.82) is 0 Å². The molecule has 0 saturated carbocycles. The lowest BCUT2D eigenvalue weighted by Gasteiger charge is -2.34. The molecule has 0 fully saturated rings. The van der Waals surface area contributed by atoms with Crippen molar-refractivity contribution in [3.8, 4) is 0 Å². The van der Waals surface area contributed by atoms with Crippen LogP contribution in [0.3, 0.4) is 0 Å². The van der Waals surface area contributed by atoms with E-state index in [0.29, 0.717) is 13.0 Å². The van der Waals surface area contributed by atoms with Gasteiger partial charge in [-0.2, -0.15) is 0 Å². The van der Waals surface area contributed by atoms with Crippen LogP contribution in [0.1, 0.15) is 47.0 Å². The zero-order valence-electron chi connectivity index (χ0n) is 11.0. The van der Waals surface area contributed by atoms with E-state index in [1.807, 2.05) is 27.7 Å². The van der Waals surface area contributed by atoms with Crippen molar-refractivity contribution >= 4 is 5.91 Å². The third kappa shape index (κ3) is 3.76. The largest absolute Gasteiger partial charge is 0.396 e. The molecule has 4 N–H and O–H groups in total. The molecule has 0 aromatic rings. The van der Waals surface area contributed by atoms with E-state index in [0.717, 1.165) is 12.8 Å². The normalized spacial score (nSPS) is 12.6. The molecule has 4 heteroatoms. The molecule has 0 bridgehead atoms. The van der Waals surface area contributed by atoms with E-state index < -0.39 is 5.41 Å². The molecule has 0 spiro atoms. The number of rotatable bonds is 7. The highest BCUT2D eigenvalue weighted by Gasteiger charge is 2.35. The number of aliphatic hydroxyl groups excluding tert-OH is 1. The van der Waals surface area contributed by atoms with Crippen molar-refractivity contribution in [2.75, 3.05) is 13.2 Å². The summed E-state index contributed by atoms with van der Waals surface area (Å²) in [6.07, 6.45) is 2.02. The summed E-state index contributed by atoms with van der Waals surface area (Å²) < 4.78 is 0. The van der Waals surface area contributed by atoms with Crippen LogP contribution in [0, 0.1) is 5.41 Å². The van der Waals surface area contributed by atoms with Gasteiger partial charge < -0.3 is 16.2 Å². The summed E-state index contributed by atoms with van der Waals surface area (Å²) in [5, 5.41) is 11.9. The molecule has 0 heterocycles. The average molecular weight is 230 g/mol. The minimum atomic E-state index is -0.466. The van der Waals surface area contributed by atoms with Crippen LogP contribution in [0.2, 0.25) is 0 Å². The Bertz CT molecular complexity index is 215. The first kappa shape index (κ1) is 15.4. The molecule has 0 radical (unpaired) electrons. The maximum atomic E-state index is 12.2. The lowest BCUT2D eigenvalue weighted by molar-refractivity contribution is -0.132. The first-order valence-corrected chi connectivity index (χ1v) is 6.01. The quantitative estimate of drug-likeness (QED) is 0.611. The van der Waals surface area contributed by atoms with Crippen LogP contribution in [0.15, 0.2) is 0 Å². The molecule has 0 aromatic carbocycles. The Hall–Kier alpha value is -0.610. The predicted octanol–water partition coefficient (Wildman–Crippen LogP) is 1.03. The van der Waals surface area contributed by atoms with Gasteiger partial charge in [0.25, 0.3) is 0 Å². The molecule has 0 saturated heterocycles. The van der Waals surface area contributed by atoms with Crippen molar-refractivity contribution in [1.82, 2.24) is 5.32 Å². The molecule has 0 aliphatic carbocycles. The van der Waals surface area contributed by atoms with Gasteiger partial charge in [0.05, 0.1) is 5.41 Å². The molecule has 0 aliphatic heterocycles. The van der Waals surface area contributed by atoms with Gasteiger partial charge in [0.2, 0.25) is 5.91 Å². The van der Waals surface area contributed by atoms with E-state index in [4.69, 9.17) is 10.8 Å². The molecule has 0 unspecified atom stereocenters. The Kier molecular flexibility index (Phi) is 5.97. The van der Waals surface area contributed by atoms with Crippen LogP contribution < -0.4 is 11.1 Å². The minimum absolute atomic E-state index is 0.00144. The second-order valence-corrected chi connectivity index (χ2v) is 5.00. The van der Waals surface area contributed by atoms with Crippen LogP contribution in [-0.2, 0) is 4.79 Å². The van der Waals surface area contributed by atoms with Crippen LogP contribution in [0.5, 0.6) is 0 Å². The van der Waals surface area contributed by atoms with Gasteiger partial charge in [-0.3, -0.25) is 4.79 Å². The number of amides is 1. The molecule has 0 aliphatic rings. The second-order valence-electron chi connectivity index (χ2n) is 5.00. The van der Waals surface area contributed by atoms with Gasteiger partial charge in [0.15, 0.2) is 0 Å². The van der Waals surface area contributed by atoms with Gasteiger partial charge in [-0.1, -0.05) is 13.8 Å². The number of hydrogen-bond acceptors (Lipinski definition) is 3. The zero-order chi connectivity index (χ0) is 12.8. The standard InChI is InChI=1S/C12H26N2O2/c1-5-12(6-2,9-13)10(16)14-11(3,4)7-8-15/h15H,5-9,13H2,1-4H3,(H,14,16). The Labute approximate surface area is 98.6 Å². The number of nitrogens with two attached hydrogens (primary N) is 1. The van der Waals surface area contributed by atoms with E-state index >= 15 is 0 Å². The Morgan fingerprint density at radius 1 is 1.31 bits per heavy atom. The number of hydrogen-bond donors (Lipinski definition) is 3. The monoisotopic (exact) mass is 230 g/mol. The average Bonchev–Trinajstić information content (AvgIpc) is 2.20. The summed E-state index contributed by atoms with van der Waals surface area (Å²) in [6, 6.07) is 0. The smallest absolute Gasteiger partial charge is 0.227 e. The van der Waals surface area contributed by atoms with Gasteiger partial charge in [-0.05, 0) is 33.1 Å². The maximum absolute atomic E-state index is 12.2. The highest BCUT2D eigenvalue weighted by molar-refractivity contribution is 5.83. The number of aliphatic hydroxyl groups is 1. The van der Waals surface area contributed by atoms with Crippen LogP contribution >= 0.6 is 0 Å². The highest BCUT2D eigenvalue weighted by atomic mass is 16.3. The first-order chi connectivity index (χ1) is 7.37. The van der Waals surface area contributed by atoms with Gasteiger partial charge in [-0.15, -0.1) is 0 Å². The molecule has 1 amide bonds. The molecule has 0 atom stereocenters. The summed E-state index contributed by atoms with van der Waals surface area (Å²) in [6.45, 7) is 8.22. The molecule has 0 rings (SSSR count). The summed E-state index contributed by atoms with van der Waals surface area (Å²) >= 11 is 0. The molecule has 0 aromatic heterocycles. The van der Waals surface area contributed by atoms with E-state index in [9.17, 15) is 4.79 Å². The van der Waals surface area contributed by atoms with E-state index in [1.165, 1.54) is 0 Å². The highest BCUT2D eigenvalue weighted by Crippen LogP contribution is 2.26. The van der Waals surface area contributed by atoms with E-state index in [2.05, 4.69) is 5.32 Å². The summed E-state index contributed by atoms with van der Waals surface area (Å²) in [5.74, 6) is -0.00144. The van der Waals surface area contributed by atoms with Crippen LogP contribution in [-0.4, -0.2) is 29.7 Å². The fourth-order valence-corrected chi connectivity index (χ4v) is 1.73. The molecule has 16 heavy (non-hydrogen) atoms. The van der Waals surface area contributed by atoms with Crippen LogP contribution in [0.4, 0.5) is 0 Å². The Balaban J connectivity index is 4.65. The van der Waals surface area contributed by atoms with Crippen LogP contribution in [0.25, 0.3) is 0 Å². The third-order valence-corrected chi connectivity index (χ3v) is 3.41. The van der Waals surface area contributed by atoms with Crippen molar-refractivity contribution in [2.45, 2.75) is 52.5 Å². The van der Waals surface area contributed by atoms with Gasteiger partial charge in [0.1, 0.15) is 0 Å². The zero-order valence-corrected chi connectivity index (χ0v) is 11.0. The Morgan fingerprint density at radius 3 is 2.12 bits per heavy atom. The minimum Gasteiger partial charge on any atom is -0.396 e. The molecule has 96 valence electrons. The third-order valence-electron chi connectivity index (χ3n) is 3.41. The second kappa shape index (κ2) is 6.21. The maximum Gasteiger partial charge on any atom is 0.227 e. The van der Waals surface area contributed by atoms with Gasteiger partial charge >= 0.3 is 0 Å². The lowest BCUT2D eigenvalue weighted by atomic mass is 9.80. The summed E-state index contributed by atoms with van der Waals surface area (Å²) in [7, 11) is 0. The molecule has 4 nitrogen and oxygen atoms in total. The van der Waals surface area contributed by atoms with Crippen molar-refractivity contribution in [3.05, 3.63) is 0 Å². The topological polar surface area (TPSA) is 75.4 Å². The van der Waals surface area contributed by atoms with Crippen molar-refractivity contribution < 1.29 is 9.90 Å². The number of nitrogens with one attached hydrogen (secondary N) is 1. The first-order valence-electron chi connectivity index (χ1n) is 6.01. The fourth-order valence-electron chi connectivity index (χ4n) is 1.73. The number of carbonyl (C=O) groups is 1. The van der Waals surface area contributed by atoms with E-state index in [-0.39, 0.29) is 18.1 Å². The fraction of sp³-hybridized carbons (Fsp3) is 0.917. The SMILES string of the molecule is CCC(CC)(CN)C(=O)NC(C)(C)CCO. The van der Waals surface area contributed by atoms with Crippen molar-refractivity contribution in [3.63, 3.8) is 0 Å². The summed E-state index contributed by atoms with van der Waals surface area (Å²) in [4.78, 5) is 12.2. The van der Waals surface area contributed by atoms with Gasteiger partial charge in [-0.25, -0.2) is 0 Å². The summed E-state index contributed by atoms with van der Waals surface area (Å²) in [5.41, 5.74) is 4.87. The number of carbonyl (C=O) groups excluding carboxylic acids is 1. The predicted molar refractivity (Wildman–Crippen MR) is 66.0 cm³/mol. The molecular weight excluding hydrogens is 204 g/mol.